The number of benzene rings is 1. The number of rotatable bonds is 5. The van der Waals surface area contributed by atoms with E-state index in [1.54, 1.807) is 18.5 Å². The summed E-state index contributed by atoms with van der Waals surface area (Å²) in [5.74, 6) is 0. The smallest absolute Gasteiger partial charge is 0.129 e. The van der Waals surface area contributed by atoms with E-state index in [2.05, 4.69) is 9.98 Å². The molecule has 1 aromatic heterocycles. The van der Waals surface area contributed by atoms with Crippen molar-refractivity contribution in [1.29, 1.82) is 0 Å². The average molecular weight is 306 g/mol. The molecule has 1 unspecified atom stereocenters. The Morgan fingerprint density at radius 3 is 2.90 bits per heavy atom. The maximum absolute atomic E-state index is 9.25. The van der Waals surface area contributed by atoms with Gasteiger partial charge in [-0.1, -0.05) is 23.7 Å². The minimum atomic E-state index is -0.859. The molecule has 1 heterocycles. The number of fused-ring (bicyclic) bond motifs is 1. The Bertz CT molecular complexity index is 686. The number of hydrogen-bond acceptors (Lipinski definition) is 5. The van der Waals surface area contributed by atoms with Crippen LogP contribution in [0.3, 0.4) is 0 Å². The lowest BCUT2D eigenvalue weighted by Gasteiger charge is -2.05. The molecule has 0 aliphatic heterocycles. The van der Waals surface area contributed by atoms with Gasteiger partial charge in [-0.2, -0.15) is 0 Å². The highest BCUT2D eigenvalue weighted by atomic mass is 35.5. The number of pyridine rings is 1. The van der Waals surface area contributed by atoms with Crippen LogP contribution in [0, 0.1) is 0 Å². The summed E-state index contributed by atoms with van der Waals surface area (Å²) in [5.41, 5.74) is 7.23. The van der Waals surface area contributed by atoms with E-state index in [0.29, 0.717) is 5.15 Å². The van der Waals surface area contributed by atoms with Crippen LogP contribution in [0.5, 0.6) is 0 Å². The van der Waals surface area contributed by atoms with Gasteiger partial charge in [0.25, 0.3) is 0 Å². The van der Waals surface area contributed by atoms with E-state index in [-0.39, 0.29) is 13.2 Å². The number of nitrogens with two attached hydrogens (primary N) is 1. The Labute approximate surface area is 127 Å². The second-order valence-corrected chi connectivity index (χ2v) is 4.91. The molecule has 0 bridgehead atoms. The van der Waals surface area contributed by atoms with Crippen molar-refractivity contribution < 1.29 is 10.2 Å². The Morgan fingerprint density at radius 2 is 2.19 bits per heavy atom. The first-order chi connectivity index (χ1) is 10.1. The van der Waals surface area contributed by atoms with Gasteiger partial charge < -0.3 is 15.9 Å². The lowest BCUT2D eigenvalue weighted by Crippen LogP contribution is -2.15. The normalized spacial score (nSPS) is 14.0. The molecule has 0 saturated heterocycles. The second-order valence-electron chi connectivity index (χ2n) is 4.52. The molecule has 2 rings (SSSR count). The predicted molar refractivity (Wildman–Crippen MR) is 85.4 cm³/mol. The van der Waals surface area contributed by atoms with Crippen LogP contribution in [0.1, 0.15) is 5.56 Å². The molecule has 0 aliphatic carbocycles. The third kappa shape index (κ3) is 4.01. The van der Waals surface area contributed by atoms with E-state index in [4.69, 9.17) is 22.4 Å². The predicted octanol–water partition coefficient (Wildman–Crippen LogP) is 1.61. The summed E-state index contributed by atoms with van der Waals surface area (Å²) < 4.78 is 0. The van der Waals surface area contributed by atoms with E-state index < -0.39 is 6.10 Å². The monoisotopic (exact) mass is 305 g/mol. The van der Waals surface area contributed by atoms with Gasteiger partial charge in [0, 0.05) is 29.6 Å². The molecular weight excluding hydrogens is 290 g/mol. The molecule has 0 spiro atoms. The van der Waals surface area contributed by atoms with E-state index in [1.807, 2.05) is 18.2 Å². The van der Waals surface area contributed by atoms with Gasteiger partial charge in [-0.25, -0.2) is 4.98 Å². The van der Waals surface area contributed by atoms with Crippen molar-refractivity contribution in [2.45, 2.75) is 6.10 Å². The SMILES string of the molecule is NC=C(C=NCC(O)CO)c1ccc2cnc(Cl)cc2c1. The number of hydrogen-bond donors (Lipinski definition) is 3. The number of aliphatic hydroxyl groups excluding tert-OH is 2. The van der Waals surface area contributed by atoms with Crippen molar-refractivity contribution in [3.05, 3.63) is 47.4 Å². The molecule has 4 N–H and O–H groups in total. The van der Waals surface area contributed by atoms with E-state index in [1.165, 1.54) is 6.20 Å². The average Bonchev–Trinajstić information content (AvgIpc) is 2.50. The topological polar surface area (TPSA) is 91.7 Å². The van der Waals surface area contributed by atoms with Gasteiger partial charge in [0.1, 0.15) is 5.15 Å². The number of aromatic nitrogens is 1. The summed E-state index contributed by atoms with van der Waals surface area (Å²) in [6.07, 6.45) is 3.86. The summed E-state index contributed by atoms with van der Waals surface area (Å²) in [5, 5.41) is 20.3. The summed E-state index contributed by atoms with van der Waals surface area (Å²) in [6, 6.07) is 7.55. The van der Waals surface area contributed by atoms with Gasteiger partial charge in [0.05, 0.1) is 19.3 Å². The van der Waals surface area contributed by atoms with Gasteiger partial charge in [0.15, 0.2) is 0 Å². The quantitative estimate of drug-likeness (QED) is 0.578. The zero-order valence-electron chi connectivity index (χ0n) is 11.3. The van der Waals surface area contributed by atoms with Gasteiger partial charge >= 0.3 is 0 Å². The summed E-state index contributed by atoms with van der Waals surface area (Å²) in [7, 11) is 0. The lowest BCUT2D eigenvalue weighted by atomic mass is 10.0. The second kappa shape index (κ2) is 7.17. The molecule has 6 heteroatoms. The first kappa shape index (κ1) is 15.4. The van der Waals surface area contributed by atoms with E-state index in [0.717, 1.165) is 21.9 Å². The zero-order chi connectivity index (χ0) is 15.2. The van der Waals surface area contributed by atoms with Crippen LogP contribution < -0.4 is 5.73 Å². The fraction of sp³-hybridized carbons (Fsp3) is 0.200. The van der Waals surface area contributed by atoms with Crippen molar-refractivity contribution in [3.63, 3.8) is 0 Å². The van der Waals surface area contributed by atoms with Crippen LogP contribution in [0.25, 0.3) is 16.3 Å². The number of allylic oxidation sites excluding steroid dienone is 1. The van der Waals surface area contributed by atoms with Crippen molar-refractivity contribution >= 4 is 34.2 Å². The van der Waals surface area contributed by atoms with Gasteiger partial charge in [-0.05, 0) is 23.1 Å². The van der Waals surface area contributed by atoms with Crippen LogP contribution in [-0.4, -0.2) is 40.7 Å². The van der Waals surface area contributed by atoms with E-state index in [9.17, 15) is 5.11 Å². The molecule has 0 saturated carbocycles. The minimum absolute atomic E-state index is 0.122. The fourth-order valence-corrected chi connectivity index (χ4v) is 2.00. The van der Waals surface area contributed by atoms with E-state index >= 15 is 0 Å². The Kier molecular flexibility index (Phi) is 5.27. The lowest BCUT2D eigenvalue weighted by molar-refractivity contribution is 0.102. The molecule has 2 aromatic rings. The third-order valence-electron chi connectivity index (χ3n) is 2.96. The standard InChI is InChI=1S/C15H16ClN3O2/c16-15-4-12-3-10(1-2-11(12)7-19-15)13(5-17)6-18-8-14(21)9-20/h1-7,14,20-21H,8-9,17H2. The number of aliphatic hydroxyl groups is 2. The Hall–Kier alpha value is -1.95. The molecule has 0 radical (unpaired) electrons. The first-order valence-electron chi connectivity index (χ1n) is 6.40. The number of nitrogens with zero attached hydrogens (tertiary/aromatic N) is 2. The molecule has 1 atom stereocenters. The number of aliphatic imine (C=N–C) groups is 1. The summed E-state index contributed by atoms with van der Waals surface area (Å²) in [4.78, 5) is 8.09. The Balaban J connectivity index is 2.26. The van der Waals surface area contributed by atoms with Crippen LogP contribution in [-0.2, 0) is 0 Å². The minimum Gasteiger partial charge on any atom is -0.404 e. The largest absolute Gasteiger partial charge is 0.404 e. The van der Waals surface area contributed by atoms with Crippen molar-refractivity contribution in [1.82, 2.24) is 4.98 Å². The highest BCUT2D eigenvalue weighted by Gasteiger charge is 2.03. The summed E-state index contributed by atoms with van der Waals surface area (Å²) >= 11 is 5.89. The highest BCUT2D eigenvalue weighted by molar-refractivity contribution is 6.30. The molecule has 0 fully saturated rings. The van der Waals surface area contributed by atoms with Gasteiger partial charge in [-0.3, -0.25) is 4.99 Å². The molecule has 1 aromatic carbocycles. The van der Waals surface area contributed by atoms with Crippen molar-refractivity contribution in [2.24, 2.45) is 10.7 Å². The first-order valence-corrected chi connectivity index (χ1v) is 6.78. The zero-order valence-corrected chi connectivity index (χ0v) is 12.0. The molecule has 5 nitrogen and oxygen atoms in total. The summed E-state index contributed by atoms with van der Waals surface area (Å²) in [6.45, 7) is -0.197. The van der Waals surface area contributed by atoms with Crippen LogP contribution in [0.15, 0.2) is 41.7 Å². The third-order valence-corrected chi connectivity index (χ3v) is 3.17. The molecular formula is C15H16ClN3O2. The van der Waals surface area contributed by atoms with Crippen molar-refractivity contribution in [3.8, 4) is 0 Å². The van der Waals surface area contributed by atoms with Crippen molar-refractivity contribution in [2.75, 3.05) is 13.2 Å². The molecule has 0 amide bonds. The van der Waals surface area contributed by atoms with Crippen LogP contribution in [0.2, 0.25) is 5.15 Å². The number of halogens is 1. The van der Waals surface area contributed by atoms with Gasteiger partial charge in [0.2, 0.25) is 0 Å². The van der Waals surface area contributed by atoms with Crippen LogP contribution >= 0.6 is 11.6 Å². The maximum atomic E-state index is 9.25. The highest BCUT2D eigenvalue weighted by Crippen LogP contribution is 2.21. The fourth-order valence-electron chi connectivity index (χ4n) is 1.84. The Morgan fingerprint density at radius 1 is 1.38 bits per heavy atom. The maximum Gasteiger partial charge on any atom is 0.129 e. The molecule has 21 heavy (non-hydrogen) atoms. The molecule has 0 aliphatic rings. The molecule has 110 valence electrons. The van der Waals surface area contributed by atoms with Gasteiger partial charge in [-0.15, -0.1) is 0 Å². The van der Waals surface area contributed by atoms with Crippen LogP contribution in [0.4, 0.5) is 0 Å².